The van der Waals surface area contributed by atoms with Crippen molar-refractivity contribution in [2.24, 2.45) is 11.1 Å². The molecule has 1 heterocycles. The lowest BCUT2D eigenvalue weighted by molar-refractivity contribution is 0.0795. The number of pyridine rings is 1. The molecule has 28 heavy (non-hydrogen) atoms. The fraction of sp³-hybridized carbons (Fsp3) is 0.381. The number of carbonyl (C=O) groups is 2. The molecule has 0 aliphatic carbocycles. The number of hydrogen-bond acceptors (Lipinski definition) is 5. The summed E-state index contributed by atoms with van der Waals surface area (Å²) in [6.45, 7) is 8.08. The fourth-order valence-corrected chi connectivity index (χ4v) is 2.42. The number of primary amides is 1. The van der Waals surface area contributed by atoms with E-state index in [4.69, 9.17) is 15.2 Å². The molecule has 7 nitrogen and oxygen atoms in total. The van der Waals surface area contributed by atoms with Gasteiger partial charge in [-0.25, -0.2) is 9.78 Å². The second kappa shape index (κ2) is 9.21. The largest absolute Gasteiger partial charge is 0.486 e. The van der Waals surface area contributed by atoms with Gasteiger partial charge in [0, 0.05) is 6.20 Å². The van der Waals surface area contributed by atoms with Crippen molar-refractivity contribution in [1.29, 1.82) is 0 Å². The Hall–Kier alpha value is -3.09. The lowest BCUT2D eigenvalue weighted by atomic mass is 9.87. The van der Waals surface area contributed by atoms with Crippen LogP contribution >= 0.6 is 0 Å². The van der Waals surface area contributed by atoms with Crippen LogP contribution in [-0.4, -0.2) is 29.6 Å². The van der Waals surface area contributed by atoms with E-state index in [1.165, 1.54) is 6.20 Å². The monoisotopic (exact) mass is 385 g/mol. The van der Waals surface area contributed by atoms with Gasteiger partial charge in [-0.05, 0) is 30.0 Å². The number of aromatic nitrogens is 1. The van der Waals surface area contributed by atoms with Crippen molar-refractivity contribution in [2.75, 3.05) is 6.61 Å². The highest BCUT2D eigenvalue weighted by Gasteiger charge is 2.29. The van der Waals surface area contributed by atoms with Gasteiger partial charge < -0.3 is 20.5 Å². The number of aryl methyl sites for hydroxylation is 1. The van der Waals surface area contributed by atoms with Crippen LogP contribution in [0.15, 0.2) is 42.6 Å². The fourth-order valence-electron chi connectivity index (χ4n) is 2.42. The van der Waals surface area contributed by atoms with Crippen LogP contribution in [0, 0.1) is 12.3 Å². The molecule has 1 unspecified atom stereocenters. The molecular formula is C21H27N3O4. The average Bonchev–Trinajstić information content (AvgIpc) is 2.63. The molecular weight excluding hydrogens is 358 g/mol. The topological polar surface area (TPSA) is 104 Å². The Bertz CT molecular complexity index is 813. The van der Waals surface area contributed by atoms with E-state index in [1.807, 2.05) is 52.0 Å². The van der Waals surface area contributed by atoms with Crippen molar-refractivity contribution in [3.8, 4) is 5.75 Å². The standard InChI is InChI=1S/C21H27N3O4/c1-14-7-9-15(10-8-14)12-27-16-6-5-11-23-18(16)19(25)24-17(21(2,3)4)13-28-20(22)26/h5-11,17H,12-13H2,1-4H3,(H2,22,26)(H,24,25). The van der Waals surface area contributed by atoms with Crippen LogP contribution in [0.25, 0.3) is 0 Å². The molecule has 0 fully saturated rings. The van der Waals surface area contributed by atoms with E-state index >= 15 is 0 Å². The van der Waals surface area contributed by atoms with Gasteiger partial charge in [-0.3, -0.25) is 4.79 Å². The molecule has 0 aliphatic heterocycles. The molecule has 0 aliphatic rings. The van der Waals surface area contributed by atoms with Gasteiger partial charge in [0.2, 0.25) is 0 Å². The molecule has 0 saturated heterocycles. The highest BCUT2D eigenvalue weighted by atomic mass is 16.5. The Morgan fingerprint density at radius 1 is 1.18 bits per heavy atom. The third-order valence-corrected chi connectivity index (χ3v) is 4.24. The van der Waals surface area contributed by atoms with Crippen LogP contribution < -0.4 is 15.8 Å². The molecule has 0 bridgehead atoms. The zero-order chi connectivity index (χ0) is 20.7. The van der Waals surface area contributed by atoms with Crippen LogP contribution in [0.2, 0.25) is 0 Å². The van der Waals surface area contributed by atoms with Gasteiger partial charge >= 0.3 is 6.09 Å². The Balaban J connectivity index is 2.11. The first kappa shape index (κ1) is 21.2. The Morgan fingerprint density at radius 2 is 1.86 bits per heavy atom. The molecule has 0 spiro atoms. The predicted molar refractivity (Wildman–Crippen MR) is 106 cm³/mol. The molecule has 1 aromatic heterocycles. The molecule has 2 rings (SSSR count). The van der Waals surface area contributed by atoms with Crippen LogP contribution in [0.5, 0.6) is 5.75 Å². The van der Waals surface area contributed by atoms with Crippen molar-refractivity contribution >= 4 is 12.0 Å². The minimum Gasteiger partial charge on any atom is -0.486 e. The quantitative estimate of drug-likeness (QED) is 0.762. The minimum absolute atomic E-state index is 0.0308. The van der Waals surface area contributed by atoms with Gasteiger partial charge in [-0.15, -0.1) is 0 Å². The second-order valence-electron chi connectivity index (χ2n) is 7.65. The summed E-state index contributed by atoms with van der Waals surface area (Å²) in [5.41, 5.74) is 7.01. The molecule has 1 atom stereocenters. The van der Waals surface area contributed by atoms with Crippen LogP contribution in [0.4, 0.5) is 4.79 Å². The number of nitrogens with zero attached hydrogens (tertiary/aromatic N) is 1. The van der Waals surface area contributed by atoms with E-state index in [2.05, 4.69) is 10.3 Å². The van der Waals surface area contributed by atoms with E-state index in [0.717, 1.165) is 11.1 Å². The Morgan fingerprint density at radius 3 is 2.46 bits per heavy atom. The maximum absolute atomic E-state index is 12.8. The van der Waals surface area contributed by atoms with Gasteiger partial charge in [0.1, 0.15) is 13.2 Å². The summed E-state index contributed by atoms with van der Waals surface area (Å²) < 4.78 is 10.7. The summed E-state index contributed by atoms with van der Waals surface area (Å²) in [6, 6.07) is 10.9. The van der Waals surface area contributed by atoms with Gasteiger partial charge in [-0.1, -0.05) is 50.6 Å². The van der Waals surface area contributed by atoms with Gasteiger partial charge in [0.15, 0.2) is 11.4 Å². The summed E-state index contributed by atoms with van der Waals surface area (Å²) in [4.78, 5) is 27.9. The summed E-state index contributed by atoms with van der Waals surface area (Å²) in [5.74, 6) is -0.0310. The van der Waals surface area contributed by atoms with Crippen molar-refractivity contribution in [3.05, 3.63) is 59.4 Å². The number of nitrogens with one attached hydrogen (secondary N) is 1. The first-order chi connectivity index (χ1) is 13.2. The highest BCUT2D eigenvalue weighted by molar-refractivity contribution is 5.95. The van der Waals surface area contributed by atoms with Gasteiger partial charge in [0.05, 0.1) is 6.04 Å². The van der Waals surface area contributed by atoms with E-state index in [0.29, 0.717) is 12.4 Å². The first-order valence-electron chi connectivity index (χ1n) is 9.03. The second-order valence-corrected chi connectivity index (χ2v) is 7.65. The summed E-state index contributed by atoms with van der Waals surface area (Å²) in [5, 5.41) is 2.86. The zero-order valence-electron chi connectivity index (χ0n) is 16.7. The maximum atomic E-state index is 12.8. The van der Waals surface area contributed by atoms with Crippen LogP contribution in [0.3, 0.4) is 0 Å². The van der Waals surface area contributed by atoms with Crippen LogP contribution in [0.1, 0.15) is 42.4 Å². The lowest BCUT2D eigenvalue weighted by Gasteiger charge is -2.30. The molecule has 7 heteroatoms. The van der Waals surface area contributed by atoms with Crippen molar-refractivity contribution < 1.29 is 19.1 Å². The Labute approximate surface area is 165 Å². The number of rotatable bonds is 7. The maximum Gasteiger partial charge on any atom is 0.404 e. The smallest absolute Gasteiger partial charge is 0.404 e. The van der Waals surface area contributed by atoms with Gasteiger partial charge in [-0.2, -0.15) is 0 Å². The Kier molecular flexibility index (Phi) is 6.98. The van der Waals surface area contributed by atoms with E-state index in [-0.39, 0.29) is 17.7 Å². The molecule has 0 radical (unpaired) electrons. The third kappa shape index (κ3) is 6.26. The average molecular weight is 385 g/mol. The van der Waals surface area contributed by atoms with Crippen molar-refractivity contribution in [3.63, 3.8) is 0 Å². The molecule has 1 aromatic carbocycles. The molecule has 0 saturated carbocycles. The normalized spacial score (nSPS) is 12.1. The number of ether oxygens (including phenoxy) is 2. The van der Waals surface area contributed by atoms with E-state index in [1.54, 1.807) is 12.1 Å². The lowest BCUT2D eigenvalue weighted by Crippen LogP contribution is -2.47. The van der Waals surface area contributed by atoms with Gasteiger partial charge in [0.25, 0.3) is 5.91 Å². The summed E-state index contributed by atoms with van der Waals surface area (Å²) in [7, 11) is 0. The molecule has 150 valence electrons. The number of benzene rings is 1. The van der Waals surface area contributed by atoms with E-state index in [9.17, 15) is 9.59 Å². The molecule has 2 aromatic rings. The summed E-state index contributed by atoms with van der Waals surface area (Å²) in [6.07, 6.45) is 0.642. The predicted octanol–water partition coefficient (Wildman–Crippen LogP) is 3.21. The number of amides is 2. The number of hydrogen-bond donors (Lipinski definition) is 2. The van der Waals surface area contributed by atoms with Crippen LogP contribution in [-0.2, 0) is 11.3 Å². The number of carbonyl (C=O) groups excluding carboxylic acids is 2. The molecule has 3 N–H and O–H groups in total. The minimum atomic E-state index is -0.886. The summed E-state index contributed by atoms with van der Waals surface area (Å²) >= 11 is 0. The zero-order valence-corrected chi connectivity index (χ0v) is 16.7. The first-order valence-corrected chi connectivity index (χ1v) is 9.03. The van der Waals surface area contributed by atoms with E-state index < -0.39 is 18.0 Å². The van der Waals surface area contributed by atoms with Crippen molar-refractivity contribution in [1.82, 2.24) is 10.3 Å². The SMILES string of the molecule is Cc1ccc(COc2cccnc2C(=O)NC(COC(N)=O)C(C)(C)C)cc1. The highest BCUT2D eigenvalue weighted by Crippen LogP contribution is 2.22. The molecule has 2 amide bonds. The number of nitrogens with two attached hydrogens (primary N) is 1. The van der Waals surface area contributed by atoms with Crippen molar-refractivity contribution in [2.45, 2.75) is 40.3 Å². The third-order valence-electron chi connectivity index (χ3n) is 4.24.